The molecule has 2 amide bonds. The summed E-state index contributed by atoms with van der Waals surface area (Å²) in [5.41, 5.74) is 4.92. The number of rotatable bonds is 6. The van der Waals surface area contributed by atoms with Crippen molar-refractivity contribution in [1.82, 2.24) is 0 Å². The number of benzene rings is 1. The summed E-state index contributed by atoms with van der Waals surface area (Å²) in [6, 6.07) is 4.78. The molecule has 0 heterocycles. The van der Waals surface area contributed by atoms with Crippen molar-refractivity contribution in [1.29, 1.82) is 0 Å². The first-order valence-corrected chi connectivity index (χ1v) is 9.58. The molecule has 28 heavy (non-hydrogen) atoms. The van der Waals surface area contributed by atoms with E-state index in [-0.39, 0.29) is 18.5 Å². The van der Waals surface area contributed by atoms with Gasteiger partial charge in [0.1, 0.15) is 5.54 Å². The highest BCUT2D eigenvalue weighted by Gasteiger charge is 2.52. The SMILES string of the molecule is C#CC(=O)N(c1ccc(NCC2CC2)c(Cl)c1)C1(C(N)=O)CCC(F)(F)CC1. The van der Waals surface area contributed by atoms with Crippen molar-refractivity contribution >= 4 is 34.8 Å². The summed E-state index contributed by atoms with van der Waals surface area (Å²) in [4.78, 5) is 25.9. The van der Waals surface area contributed by atoms with E-state index in [1.54, 1.807) is 12.1 Å². The molecule has 0 radical (unpaired) electrons. The Labute approximate surface area is 167 Å². The van der Waals surface area contributed by atoms with Gasteiger partial charge in [0.25, 0.3) is 0 Å². The number of terminal acetylenes is 1. The Hall–Kier alpha value is -2.33. The fraction of sp³-hybridized carbons (Fsp3) is 0.500. The zero-order chi connectivity index (χ0) is 20.5. The monoisotopic (exact) mass is 409 g/mol. The van der Waals surface area contributed by atoms with Crippen LogP contribution in [0.25, 0.3) is 0 Å². The number of carbonyl (C=O) groups excluding carboxylic acids is 2. The van der Waals surface area contributed by atoms with Gasteiger partial charge in [-0.05, 0) is 55.7 Å². The van der Waals surface area contributed by atoms with Crippen LogP contribution in [0.15, 0.2) is 18.2 Å². The zero-order valence-corrected chi connectivity index (χ0v) is 16.1. The van der Waals surface area contributed by atoms with Crippen molar-refractivity contribution in [3.8, 4) is 12.3 Å². The van der Waals surface area contributed by atoms with Gasteiger partial charge in [0.05, 0.1) is 10.7 Å². The van der Waals surface area contributed by atoms with Crippen molar-refractivity contribution in [3.05, 3.63) is 23.2 Å². The summed E-state index contributed by atoms with van der Waals surface area (Å²) in [5, 5.41) is 3.58. The quantitative estimate of drug-likeness (QED) is 0.705. The average Bonchev–Trinajstić information content (AvgIpc) is 3.46. The lowest BCUT2D eigenvalue weighted by molar-refractivity contribution is -0.131. The average molecular weight is 410 g/mol. The van der Waals surface area contributed by atoms with E-state index >= 15 is 0 Å². The molecule has 3 rings (SSSR count). The van der Waals surface area contributed by atoms with E-state index in [1.165, 1.54) is 18.9 Å². The fourth-order valence-corrected chi connectivity index (χ4v) is 3.84. The van der Waals surface area contributed by atoms with Crippen LogP contribution in [0, 0.1) is 18.3 Å². The lowest BCUT2D eigenvalue weighted by atomic mass is 9.77. The Morgan fingerprint density at radius 1 is 1.29 bits per heavy atom. The standard InChI is InChI=1S/C20H22ClF2N3O2/c1-2-17(27)26(19(18(24)28)7-9-20(22,23)10-8-19)14-5-6-16(15(21)11-14)25-12-13-3-4-13/h1,5-6,11,13,25H,3-4,7-10,12H2,(H2,24,28). The zero-order valence-electron chi connectivity index (χ0n) is 15.3. The topological polar surface area (TPSA) is 75.4 Å². The first kappa shape index (κ1) is 20.4. The summed E-state index contributed by atoms with van der Waals surface area (Å²) in [6.07, 6.45) is 5.99. The Kier molecular flexibility index (Phi) is 5.53. The molecular formula is C20H22ClF2N3O2. The molecular weight excluding hydrogens is 388 g/mol. The summed E-state index contributed by atoms with van der Waals surface area (Å²) in [7, 11) is 0. The number of halogens is 3. The van der Waals surface area contributed by atoms with Crippen molar-refractivity contribution in [2.45, 2.75) is 50.0 Å². The number of primary amides is 1. The van der Waals surface area contributed by atoms with Crippen molar-refractivity contribution in [2.24, 2.45) is 11.7 Å². The highest BCUT2D eigenvalue weighted by Crippen LogP contribution is 2.44. The molecule has 150 valence electrons. The van der Waals surface area contributed by atoms with Crippen molar-refractivity contribution in [2.75, 3.05) is 16.8 Å². The van der Waals surface area contributed by atoms with E-state index in [9.17, 15) is 18.4 Å². The Balaban J connectivity index is 1.95. The number of nitrogens with one attached hydrogen (secondary N) is 1. The molecule has 2 aliphatic rings. The minimum absolute atomic E-state index is 0.258. The highest BCUT2D eigenvalue weighted by molar-refractivity contribution is 6.33. The van der Waals surface area contributed by atoms with Crippen LogP contribution in [-0.2, 0) is 9.59 Å². The molecule has 0 bridgehead atoms. The second kappa shape index (κ2) is 7.59. The van der Waals surface area contributed by atoms with Gasteiger partial charge < -0.3 is 11.1 Å². The second-order valence-corrected chi connectivity index (χ2v) is 7.93. The van der Waals surface area contributed by atoms with Gasteiger partial charge in [-0.15, -0.1) is 6.42 Å². The number of anilines is 2. The van der Waals surface area contributed by atoms with Gasteiger partial charge in [-0.3, -0.25) is 14.5 Å². The predicted molar refractivity (Wildman–Crippen MR) is 104 cm³/mol. The Morgan fingerprint density at radius 2 is 1.93 bits per heavy atom. The van der Waals surface area contributed by atoms with E-state index < -0.39 is 36.1 Å². The molecule has 3 N–H and O–H groups in total. The molecule has 0 atom stereocenters. The van der Waals surface area contributed by atoms with E-state index in [0.717, 1.165) is 11.4 Å². The third kappa shape index (κ3) is 4.07. The van der Waals surface area contributed by atoms with Gasteiger partial charge in [-0.2, -0.15) is 0 Å². The molecule has 2 saturated carbocycles. The molecule has 1 aromatic rings. The van der Waals surface area contributed by atoms with Gasteiger partial charge >= 0.3 is 5.91 Å². The van der Waals surface area contributed by atoms with Crippen LogP contribution in [0.4, 0.5) is 20.2 Å². The minimum Gasteiger partial charge on any atom is -0.384 e. The van der Waals surface area contributed by atoms with E-state index in [4.69, 9.17) is 23.8 Å². The minimum atomic E-state index is -2.90. The van der Waals surface area contributed by atoms with Gasteiger partial charge in [-0.1, -0.05) is 11.6 Å². The summed E-state index contributed by atoms with van der Waals surface area (Å²) >= 11 is 6.35. The largest absolute Gasteiger partial charge is 0.384 e. The molecule has 2 aliphatic carbocycles. The molecule has 0 aromatic heterocycles. The van der Waals surface area contributed by atoms with E-state index in [2.05, 4.69) is 5.32 Å². The normalized spacial score (nSPS) is 20.1. The van der Waals surface area contributed by atoms with Crippen LogP contribution < -0.4 is 16.0 Å². The second-order valence-electron chi connectivity index (χ2n) is 7.53. The molecule has 8 heteroatoms. The lowest BCUT2D eigenvalue weighted by Gasteiger charge is -2.44. The first-order valence-electron chi connectivity index (χ1n) is 9.20. The summed E-state index contributed by atoms with van der Waals surface area (Å²) in [5.74, 6) is -1.97. The molecule has 0 aliphatic heterocycles. The molecule has 0 unspecified atom stereocenters. The molecule has 5 nitrogen and oxygen atoms in total. The molecule has 2 fully saturated rings. The number of amides is 2. The smallest absolute Gasteiger partial charge is 0.303 e. The molecule has 0 spiro atoms. The Bertz CT molecular complexity index is 823. The number of nitrogens with zero attached hydrogens (tertiary/aromatic N) is 1. The number of alkyl halides is 2. The molecule has 0 saturated heterocycles. The van der Waals surface area contributed by atoms with Gasteiger partial charge in [0.2, 0.25) is 11.8 Å². The maximum atomic E-state index is 13.7. The first-order chi connectivity index (χ1) is 13.2. The van der Waals surface area contributed by atoms with Crippen LogP contribution in [0.1, 0.15) is 38.5 Å². The van der Waals surface area contributed by atoms with Crippen LogP contribution in [0.3, 0.4) is 0 Å². The summed E-state index contributed by atoms with van der Waals surface area (Å²) < 4.78 is 27.4. The maximum absolute atomic E-state index is 13.7. The number of hydrogen-bond donors (Lipinski definition) is 2. The van der Waals surface area contributed by atoms with Gasteiger partial charge in [0.15, 0.2) is 0 Å². The summed E-state index contributed by atoms with van der Waals surface area (Å²) in [6.45, 7) is 0.798. The lowest BCUT2D eigenvalue weighted by Crippen LogP contribution is -2.62. The highest BCUT2D eigenvalue weighted by atomic mass is 35.5. The van der Waals surface area contributed by atoms with Crippen LogP contribution in [0.5, 0.6) is 0 Å². The third-order valence-electron chi connectivity index (χ3n) is 5.51. The van der Waals surface area contributed by atoms with Crippen molar-refractivity contribution < 1.29 is 18.4 Å². The number of nitrogens with two attached hydrogens (primary N) is 1. The van der Waals surface area contributed by atoms with Crippen molar-refractivity contribution in [3.63, 3.8) is 0 Å². The van der Waals surface area contributed by atoms with E-state index in [0.29, 0.717) is 16.6 Å². The number of carbonyl (C=O) groups is 2. The van der Waals surface area contributed by atoms with E-state index in [1.807, 2.05) is 5.92 Å². The van der Waals surface area contributed by atoms with Gasteiger partial charge in [0, 0.05) is 25.1 Å². The fourth-order valence-electron chi connectivity index (χ4n) is 3.60. The van der Waals surface area contributed by atoms with Crippen LogP contribution in [0.2, 0.25) is 5.02 Å². The Morgan fingerprint density at radius 3 is 2.43 bits per heavy atom. The maximum Gasteiger partial charge on any atom is 0.303 e. The van der Waals surface area contributed by atoms with Crippen LogP contribution in [-0.4, -0.2) is 29.8 Å². The molecule has 1 aromatic carbocycles. The van der Waals surface area contributed by atoms with Crippen LogP contribution >= 0.6 is 11.6 Å². The predicted octanol–water partition coefficient (Wildman–Crippen LogP) is 3.56. The van der Waals surface area contributed by atoms with Gasteiger partial charge in [-0.25, -0.2) is 8.78 Å². The third-order valence-corrected chi connectivity index (χ3v) is 5.82. The number of hydrogen-bond acceptors (Lipinski definition) is 3.